The fourth-order valence-corrected chi connectivity index (χ4v) is 2.74. The maximum absolute atomic E-state index is 8.89. The summed E-state index contributed by atoms with van der Waals surface area (Å²) in [5, 5.41) is 16.3. The van der Waals surface area contributed by atoms with E-state index in [1.54, 1.807) is 0 Å². The second-order valence-electron chi connectivity index (χ2n) is 5.48. The predicted octanol–water partition coefficient (Wildman–Crippen LogP) is 1.14. The molecule has 0 amide bonds. The minimum Gasteiger partial charge on any atom is -0.396 e. The molecule has 1 aliphatic carbocycles. The maximum Gasteiger partial charge on any atom is 0.0669 e. The van der Waals surface area contributed by atoms with Crippen LogP contribution in [0.5, 0.6) is 0 Å². The van der Waals surface area contributed by atoms with Crippen molar-refractivity contribution in [2.75, 3.05) is 26.2 Å². The van der Waals surface area contributed by atoms with E-state index in [1.165, 1.54) is 44.6 Å². The second-order valence-corrected chi connectivity index (χ2v) is 5.48. The molecule has 1 aromatic heterocycles. The normalized spacial score (nSPS) is 25.6. The molecular weight excluding hydrogens is 214 g/mol. The van der Waals surface area contributed by atoms with Gasteiger partial charge in [-0.3, -0.25) is 5.10 Å². The molecule has 1 saturated carbocycles. The van der Waals surface area contributed by atoms with Gasteiger partial charge in [0, 0.05) is 37.7 Å². The number of nitrogens with zero attached hydrogens (tertiary/aromatic N) is 2. The van der Waals surface area contributed by atoms with Crippen LogP contribution in [-0.2, 0) is 6.42 Å². The smallest absolute Gasteiger partial charge is 0.0669 e. The molecule has 1 aliphatic heterocycles. The van der Waals surface area contributed by atoms with Gasteiger partial charge in [0.2, 0.25) is 0 Å². The lowest BCUT2D eigenvalue weighted by atomic mass is 10.0. The van der Waals surface area contributed by atoms with Crippen molar-refractivity contribution in [2.24, 2.45) is 5.92 Å². The summed E-state index contributed by atoms with van der Waals surface area (Å²) in [6, 6.07) is 2.13. The number of rotatable bonds is 5. The summed E-state index contributed by atoms with van der Waals surface area (Å²) in [5.41, 5.74) is 2.25. The minimum atomic E-state index is 0.195. The number of hydrogen-bond donors (Lipinski definition) is 2. The Bertz CT molecular complexity index is 372. The van der Waals surface area contributed by atoms with Crippen molar-refractivity contribution in [3.8, 4) is 0 Å². The quantitative estimate of drug-likeness (QED) is 0.805. The van der Waals surface area contributed by atoms with Crippen molar-refractivity contribution in [2.45, 2.75) is 31.6 Å². The van der Waals surface area contributed by atoms with E-state index < -0.39 is 0 Å². The first-order valence-electron chi connectivity index (χ1n) is 6.72. The standard InChI is InChI=1S/C13H21N3O/c17-6-4-12-7-13(15-14-12)11-3-5-16(9-11)8-10-1-2-10/h7,10-11,17H,1-6,8-9H2,(H,14,15). The molecule has 2 fully saturated rings. The Kier molecular flexibility index (Phi) is 3.16. The van der Waals surface area contributed by atoms with Crippen LogP contribution in [0.4, 0.5) is 0 Å². The Morgan fingerprint density at radius 3 is 3.06 bits per heavy atom. The van der Waals surface area contributed by atoms with Crippen LogP contribution >= 0.6 is 0 Å². The van der Waals surface area contributed by atoms with Gasteiger partial charge in [-0.15, -0.1) is 0 Å². The Balaban J connectivity index is 1.56. The molecule has 3 rings (SSSR count). The van der Waals surface area contributed by atoms with Crippen LogP contribution in [0.1, 0.15) is 36.6 Å². The van der Waals surface area contributed by atoms with Crippen molar-refractivity contribution in [3.05, 3.63) is 17.5 Å². The number of aromatic amines is 1. The largest absolute Gasteiger partial charge is 0.396 e. The van der Waals surface area contributed by atoms with Crippen LogP contribution in [0.15, 0.2) is 6.07 Å². The van der Waals surface area contributed by atoms with Crippen molar-refractivity contribution in [1.29, 1.82) is 0 Å². The van der Waals surface area contributed by atoms with Crippen molar-refractivity contribution in [1.82, 2.24) is 15.1 Å². The summed E-state index contributed by atoms with van der Waals surface area (Å²) in [4.78, 5) is 2.59. The van der Waals surface area contributed by atoms with E-state index >= 15 is 0 Å². The lowest BCUT2D eigenvalue weighted by Gasteiger charge is -2.14. The Morgan fingerprint density at radius 1 is 1.41 bits per heavy atom. The average molecular weight is 235 g/mol. The maximum atomic E-state index is 8.89. The highest BCUT2D eigenvalue weighted by Crippen LogP contribution is 2.33. The molecule has 1 saturated heterocycles. The summed E-state index contributed by atoms with van der Waals surface area (Å²) in [5.74, 6) is 1.58. The summed E-state index contributed by atoms with van der Waals surface area (Å²) in [6.07, 6.45) is 4.79. The van der Waals surface area contributed by atoms with Crippen LogP contribution in [0.25, 0.3) is 0 Å². The third kappa shape index (κ3) is 2.69. The summed E-state index contributed by atoms with van der Waals surface area (Å²) < 4.78 is 0. The molecule has 1 atom stereocenters. The van der Waals surface area contributed by atoms with E-state index in [0.29, 0.717) is 12.3 Å². The van der Waals surface area contributed by atoms with Crippen LogP contribution in [0.2, 0.25) is 0 Å². The van der Waals surface area contributed by atoms with Crippen LogP contribution < -0.4 is 0 Å². The van der Waals surface area contributed by atoms with Gasteiger partial charge >= 0.3 is 0 Å². The predicted molar refractivity (Wildman–Crippen MR) is 65.9 cm³/mol. The summed E-state index contributed by atoms with van der Waals surface area (Å²) in [7, 11) is 0. The first-order chi connectivity index (χ1) is 8.35. The van der Waals surface area contributed by atoms with Gasteiger partial charge in [0.15, 0.2) is 0 Å². The molecular formula is C13H21N3O. The number of nitrogens with one attached hydrogen (secondary N) is 1. The SMILES string of the molecule is OCCc1cc(C2CCN(CC3CC3)C2)n[nH]1. The Labute approximate surface area is 102 Å². The number of hydrogen-bond acceptors (Lipinski definition) is 3. The number of H-pyrrole nitrogens is 1. The molecule has 4 nitrogen and oxygen atoms in total. The molecule has 2 aliphatic rings. The molecule has 2 N–H and O–H groups in total. The molecule has 4 heteroatoms. The number of likely N-dealkylation sites (tertiary alicyclic amines) is 1. The van der Waals surface area contributed by atoms with E-state index in [-0.39, 0.29) is 6.61 Å². The van der Waals surface area contributed by atoms with Crippen molar-refractivity contribution >= 4 is 0 Å². The lowest BCUT2D eigenvalue weighted by molar-refractivity contribution is 0.298. The van der Waals surface area contributed by atoms with Crippen LogP contribution in [0, 0.1) is 5.92 Å². The second kappa shape index (κ2) is 4.78. The summed E-state index contributed by atoms with van der Waals surface area (Å²) in [6.45, 7) is 3.88. The van der Waals surface area contributed by atoms with E-state index in [4.69, 9.17) is 5.11 Å². The van der Waals surface area contributed by atoms with Gasteiger partial charge in [-0.25, -0.2) is 0 Å². The van der Waals surface area contributed by atoms with E-state index in [0.717, 1.165) is 11.6 Å². The highest BCUT2D eigenvalue weighted by molar-refractivity contribution is 5.15. The highest BCUT2D eigenvalue weighted by Gasteiger charge is 2.30. The van der Waals surface area contributed by atoms with Gasteiger partial charge in [0.25, 0.3) is 0 Å². The third-order valence-corrected chi connectivity index (χ3v) is 3.94. The third-order valence-electron chi connectivity index (χ3n) is 3.94. The molecule has 94 valence electrons. The fraction of sp³-hybridized carbons (Fsp3) is 0.769. The molecule has 1 unspecified atom stereocenters. The van der Waals surface area contributed by atoms with E-state index in [1.807, 2.05) is 0 Å². The average Bonchev–Trinajstić information content (AvgIpc) is 2.82. The minimum absolute atomic E-state index is 0.195. The molecule has 17 heavy (non-hydrogen) atoms. The molecule has 0 bridgehead atoms. The Hall–Kier alpha value is -0.870. The zero-order chi connectivity index (χ0) is 11.7. The van der Waals surface area contributed by atoms with Gasteiger partial charge in [0.1, 0.15) is 0 Å². The monoisotopic (exact) mass is 235 g/mol. The number of aliphatic hydroxyl groups is 1. The van der Waals surface area contributed by atoms with Crippen LogP contribution in [-0.4, -0.2) is 46.4 Å². The van der Waals surface area contributed by atoms with Crippen molar-refractivity contribution in [3.63, 3.8) is 0 Å². The topological polar surface area (TPSA) is 52.1 Å². The number of aliphatic hydroxyl groups excluding tert-OH is 1. The molecule has 1 aromatic rings. The first kappa shape index (κ1) is 11.2. The molecule has 0 spiro atoms. The fourth-order valence-electron chi connectivity index (χ4n) is 2.74. The van der Waals surface area contributed by atoms with Crippen LogP contribution in [0.3, 0.4) is 0 Å². The zero-order valence-corrected chi connectivity index (χ0v) is 10.2. The van der Waals surface area contributed by atoms with E-state index in [2.05, 4.69) is 21.2 Å². The van der Waals surface area contributed by atoms with E-state index in [9.17, 15) is 0 Å². The van der Waals surface area contributed by atoms with Crippen molar-refractivity contribution < 1.29 is 5.11 Å². The van der Waals surface area contributed by atoms with Gasteiger partial charge in [0.05, 0.1) is 5.69 Å². The summed E-state index contributed by atoms with van der Waals surface area (Å²) >= 11 is 0. The van der Waals surface area contributed by atoms with Gasteiger partial charge in [-0.1, -0.05) is 0 Å². The van der Waals surface area contributed by atoms with Gasteiger partial charge in [-0.05, 0) is 37.8 Å². The van der Waals surface area contributed by atoms with Gasteiger partial charge in [-0.2, -0.15) is 5.10 Å². The number of aromatic nitrogens is 2. The first-order valence-corrected chi connectivity index (χ1v) is 6.72. The van der Waals surface area contributed by atoms with Gasteiger partial charge < -0.3 is 10.0 Å². The zero-order valence-electron chi connectivity index (χ0n) is 10.2. The molecule has 2 heterocycles. The lowest BCUT2D eigenvalue weighted by Crippen LogP contribution is -2.22. The molecule has 0 aromatic carbocycles. The molecule has 0 radical (unpaired) electrons. The highest BCUT2D eigenvalue weighted by atomic mass is 16.3. The Morgan fingerprint density at radius 2 is 2.29 bits per heavy atom.